The predicted octanol–water partition coefficient (Wildman–Crippen LogP) is 3.64. The van der Waals surface area contributed by atoms with Crippen molar-refractivity contribution in [2.45, 2.75) is 72.4 Å². The lowest BCUT2D eigenvalue weighted by Gasteiger charge is -2.31. The fourth-order valence-corrected chi connectivity index (χ4v) is 3.75. The summed E-state index contributed by atoms with van der Waals surface area (Å²) in [7, 11) is 0. The summed E-state index contributed by atoms with van der Waals surface area (Å²) in [6.07, 6.45) is 4.83. The molecule has 1 saturated carbocycles. The van der Waals surface area contributed by atoms with Gasteiger partial charge in [-0.1, -0.05) is 12.8 Å². The number of carbonyl (C=O) groups is 2. The van der Waals surface area contributed by atoms with Crippen LogP contribution in [-0.2, 0) is 4.74 Å². The average Bonchev–Trinajstić information content (AvgIpc) is 3.12. The number of aromatic nitrogens is 1. The first-order chi connectivity index (χ1) is 11.4. The zero-order valence-corrected chi connectivity index (χ0v) is 15.6. The van der Waals surface area contributed by atoms with Crippen LogP contribution in [0.2, 0.25) is 0 Å². The first-order valence-electron chi connectivity index (χ1n) is 9.02. The molecular weight excluding hydrogens is 304 g/mol. The molecule has 134 valence electrons. The molecular formula is C19H30N2O3. The quantitative estimate of drug-likeness (QED) is 0.611. The van der Waals surface area contributed by atoms with Crippen LogP contribution in [0, 0.1) is 13.8 Å². The van der Waals surface area contributed by atoms with Gasteiger partial charge in [-0.3, -0.25) is 9.69 Å². The van der Waals surface area contributed by atoms with Gasteiger partial charge in [-0.2, -0.15) is 0 Å². The number of nitrogens with one attached hydrogen (secondary N) is 1. The topological polar surface area (TPSA) is 62.4 Å². The van der Waals surface area contributed by atoms with E-state index < -0.39 is 0 Å². The van der Waals surface area contributed by atoms with Crippen LogP contribution >= 0.6 is 0 Å². The van der Waals surface area contributed by atoms with Crippen molar-refractivity contribution < 1.29 is 14.3 Å². The first-order valence-corrected chi connectivity index (χ1v) is 9.02. The maximum atomic E-state index is 12.9. The molecule has 1 N–H and O–H groups in total. The molecule has 0 atom stereocenters. The number of rotatable bonds is 7. The number of aryl methyl sites for hydroxylation is 1. The van der Waals surface area contributed by atoms with E-state index in [4.69, 9.17) is 4.74 Å². The van der Waals surface area contributed by atoms with Crippen LogP contribution in [0.25, 0.3) is 0 Å². The van der Waals surface area contributed by atoms with E-state index in [2.05, 4.69) is 23.7 Å². The van der Waals surface area contributed by atoms with Crippen LogP contribution in [0.15, 0.2) is 0 Å². The van der Waals surface area contributed by atoms with Crippen molar-refractivity contribution in [3.05, 3.63) is 22.5 Å². The van der Waals surface area contributed by atoms with E-state index in [-0.39, 0.29) is 11.8 Å². The van der Waals surface area contributed by atoms with Crippen LogP contribution in [0.1, 0.15) is 78.6 Å². The number of aromatic amines is 1. The van der Waals surface area contributed by atoms with Crippen LogP contribution < -0.4 is 0 Å². The van der Waals surface area contributed by atoms with Gasteiger partial charge >= 0.3 is 5.97 Å². The fourth-order valence-electron chi connectivity index (χ4n) is 3.75. The highest BCUT2D eigenvalue weighted by Gasteiger charge is 2.29. The molecule has 0 amide bonds. The van der Waals surface area contributed by atoms with E-state index in [0.29, 0.717) is 47.8 Å². The lowest BCUT2D eigenvalue weighted by Crippen LogP contribution is -2.42. The van der Waals surface area contributed by atoms with E-state index in [1.54, 1.807) is 6.92 Å². The summed E-state index contributed by atoms with van der Waals surface area (Å²) in [6, 6.07) is 0.827. The standard InChI is InChI=1S/C19H30N2O3/c1-6-24-19(23)17-13(4)18(20-14(17)5)16(22)11-21(12(2)3)15-9-7-8-10-15/h12,15,20H,6-11H2,1-5H3. The smallest absolute Gasteiger partial charge is 0.340 e. The second kappa shape index (κ2) is 7.97. The highest BCUT2D eigenvalue weighted by Crippen LogP contribution is 2.26. The summed E-state index contributed by atoms with van der Waals surface area (Å²) >= 11 is 0. The van der Waals surface area contributed by atoms with E-state index in [1.807, 2.05) is 13.8 Å². The van der Waals surface area contributed by atoms with E-state index in [9.17, 15) is 9.59 Å². The molecule has 0 aromatic carbocycles. The fraction of sp³-hybridized carbons (Fsp3) is 0.684. The number of ketones is 1. The normalized spacial score (nSPS) is 15.5. The summed E-state index contributed by atoms with van der Waals surface area (Å²) in [6.45, 7) is 10.4. The monoisotopic (exact) mass is 334 g/mol. The summed E-state index contributed by atoms with van der Waals surface area (Å²) in [5.41, 5.74) is 2.44. The Kier molecular flexibility index (Phi) is 6.21. The van der Waals surface area contributed by atoms with Gasteiger partial charge in [0.2, 0.25) is 0 Å². The lowest BCUT2D eigenvalue weighted by atomic mass is 10.1. The average molecular weight is 334 g/mol. The highest BCUT2D eigenvalue weighted by atomic mass is 16.5. The molecule has 0 saturated heterocycles. The molecule has 0 bridgehead atoms. The highest BCUT2D eigenvalue weighted by molar-refractivity contribution is 6.02. The van der Waals surface area contributed by atoms with Gasteiger partial charge in [0.1, 0.15) is 0 Å². The zero-order valence-electron chi connectivity index (χ0n) is 15.6. The number of ether oxygens (including phenoxy) is 1. The molecule has 24 heavy (non-hydrogen) atoms. The largest absolute Gasteiger partial charge is 0.462 e. The van der Waals surface area contributed by atoms with Gasteiger partial charge in [-0.15, -0.1) is 0 Å². The van der Waals surface area contributed by atoms with Crippen molar-refractivity contribution in [2.24, 2.45) is 0 Å². The molecule has 1 heterocycles. The van der Waals surface area contributed by atoms with Gasteiger partial charge in [0.05, 0.1) is 24.4 Å². The Labute approximate surface area is 144 Å². The summed E-state index contributed by atoms with van der Waals surface area (Å²) < 4.78 is 5.10. The summed E-state index contributed by atoms with van der Waals surface area (Å²) in [5, 5.41) is 0. The summed E-state index contributed by atoms with van der Waals surface area (Å²) in [5.74, 6) is -0.314. The van der Waals surface area contributed by atoms with Gasteiger partial charge in [0, 0.05) is 17.8 Å². The van der Waals surface area contributed by atoms with Crippen LogP contribution in [0.3, 0.4) is 0 Å². The number of esters is 1. The molecule has 0 spiro atoms. The Balaban J connectivity index is 2.20. The minimum Gasteiger partial charge on any atom is -0.462 e. The molecule has 0 radical (unpaired) electrons. The second-order valence-electron chi connectivity index (χ2n) is 6.97. The molecule has 1 aliphatic carbocycles. The Morgan fingerprint density at radius 1 is 1.25 bits per heavy atom. The Bertz CT molecular complexity index is 598. The zero-order chi connectivity index (χ0) is 17.9. The van der Waals surface area contributed by atoms with Gasteiger partial charge in [0.25, 0.3) is 0 Å². The molecule has 0 unspecified atom stereocenters. The predicted molar refractivity (Wildman–Crippen MR) is 94.7 cm³/mol. The number of hydrogen-bond donors (Lipinski definition) is 1. The molecule has 5 heteroatoms. The molecule has 0 aliphatic heterocycles. The Hall–Kier alpha value is -1.62. The maximum absolute atomic E-state index is 12.9. The van der Waals surface area contributed by atoms with Gasteiger partial charge in [-0.25, -0.2) is 4.79 Å². The molecule has 2 rings (SSSR count). The van der Waals surface area contributed by atoms with E-state index >= 15 is 0 Å². The SMILES string of the molecule is CCOC(=O)c1c(C)[nH]c(C(=O)CN(C(C)C)C2CCCC2)c1C. The molecule has 1 fully saturated rings. The van der Waals surface area contributed by atoms with Gasteiger partial charge in [-0.05, 0) is 53.0 Å². The number of hydrogen-bond acceptors (Lipinski definition) is 4. The van der Waals surface area contributed by atoms with Gasteiger partial charge in [0.15, 0.2) is 5.78 Å². The van der Waals surface area contributed by atoms with Gasteiger partial charge < -0.3 is 9.72 Å². The Morgan fingerprint density at radius 2 is 1.88 bits per heavy atom. The van der Waals surface area contributed by atoms with E-state index in [1.165, 1.54) is 25.7 Å². The summed E-state index contributed by atoms with van der Waals surface area (Å²) in [4.78, 5) is 30.4. The number of nitrogens with zero attached hydrogens (tertiary/aromatic N) is 1. The number of Topliss-reactive ketones (excluding diaryl/α,β-unsaturated/α-hetero) is 1. The third-order valence-corrected chi connectivity index (χ3v) is 4.98. The van der Waals surface area contributed by atoms with Crippen molar-refractivity contribution in [1.82, 2.24) is 9.88 Å². The third-order valence-electron chi connectivity index (χ3n) is 4.98. The molecule has 5 nitrogen and oxygen atoms in total. The van der Waals surface area contributed by atoms with E-state index in [0.717, 1.165) is 0 Å². The second-order valence-corrected chi connectivity index (χ2v) is 6.97. The third kappa shape index (κ3) is 3.89. The van der Waals surface area contributed by atoms with Crippen LogP contribution in [-0.4, -0.2) is 46.9 Å². The first kappa shape index (κ1) is 18.7. The Morgan fingerprint density at radius 3 is 2.42 bits per heavy atom. The van der Waals surface area contributed by atoms with Crippen molar-refractivity contribution in [3.63, 3.8) is 0 Å². The van der Waals surface area contributed by atoms with Crippen molar-refractivity contribution in [2.75, 3.05) is 13.2 Å². The van der Waals surface area contributed by atoms with Crippen LogP contribution in [0.4, 0.5) is 0 Å². The number of carbonyl (C=O) groups excluding carboxylic acids is 2. The number of H-pyrrole nitrogens is 1. The maximum Gasteiger partial charge on any atom is 0.340 e. The molecule has 1 aromatic rings. The molecule has 1 aliphatic rings. The van der Waals surface area contributed by atoms with Crippen molar-refractivity contribution in [1.29, 1.82) is 0 Å². The minimum absolute atomic E-state index is 0.0479. The minimum atomic E-state index is -0.362. The lowest BCUT2D eigenvalue weighted by molar-refractivity contribution is 0.0525. The molecule has 1 aromatic heterocycles. The van der Waals surface area contributed by atoms with Crippen molar-refractivity contribution >= 4 is 11.8 Å². The van der Waals surface area contributed by atoms with Crippen molar-refractivity contribution in [3.8, 4) is 0 Å². The van der Waals surface area contributed by atoms with Crippen LogP contribution in [0.5, 0.6) is 0 Å².